The van der Waals surface area contributed by atoms with Gasteiger partial charge >= 0.3 is 0 Å². The molecule has 0 amide bonds. The molecule has 1 nitrogen and oxygen atoms in total. The lowest BCUT2D eigenvalue weighted by Crippen LogP contribution is -2.49. The van der Waals surface area contributed by atoms with Gasteiger partial charge < -0.3 is 5.32 Å². The number of hydrogen-bond donors (Lipinski definition) is 1. The summed E-state index contributed by atoms with van der Waals surface area (Å²) in [6.07, 6.45) is 4.02. The molecule has 0 aromatic carbocycles. The molecule has 0 bridgehead atoms. The van der Waals surface area contributed by atoms with Crippen molar-refractivity contribution >= 4 is 11.8 Å². The lowest BCUT2D eigenvalue weighted by Gasteiger charge is -2.50. The second-order valence-corrected chi connectivity index (χ2v) is 8.98. The predicted octanol–water partition coefficient (Wildman–Crippen LogP) is 3.64. The van der Waals surface area contributed by atoms with E-state index in [0.717, 1.165) is 5.25 Å². The molecule has 1 heterocycles. The highest BCUT2D eigenvalue weighted by Crippen LogP contribution is 2.56. The zero-order chi connectivity index (χ0) is 11.3. The number of hydrogen-bond acceptors (Lipinski definition) is 2. The highest BCUT2D eigenvalue weighted by molar-refractivity contribution is 8.01. The molecular formula is C13H25NS. The van der Waals surface area contributed by atoms with Crippen molar-refractivity contribution in [1.29, 1.82) is 0 Å². The van der Waals surface area contributed by atoms with E-state index >= 15 is 0 Å². The summed E-state index contributed by atoms with van der Waals surface area (Å²) >= 11 is 2.18. The SMILES string of the molecule is CC1CNC2(CC(C)(C)CC(C)(C)C2)S1. The van der Waals surface area contributed by atoms with E-state index < -0.39 is 0 Å². The Hall–Kier alpha value is 0.310. The van der Waals surface area contributed by atoms with E-state index in [-0.39, 0.29) is 0 Å². The molecule has 1 unspecified atom stereocenters. The molecule has 2 heteroatoms. The van der Waals surface area contributed by atoms with Crippen molar-refractivity contribution in [2.45, 2.75) is 64.0 Å². The van der Waals surface area contributed by atoms with Crippen LogP contribution in [0.25, 0.3) is 0 Å². The van der Waals surface area contributed by atoms with Crippen LogP contribution in [0, 0.1) is 10.8 Å². The molecule has 1 N–H and O–H groups in total. The van der Waals surface area contributed by atoms with Crippen molar-refractivity contribution in [3.05, 3.63) is 0 Å². The molecule has 15 heavy (non-hydrogen) atoms. The van der Waals surface area contributed by atoms with Gasteiger partial charge in [0.2, 0.25) is 0 Å². The maximum Gasteiger partial charge on any atom is 0.0659 e. The number of nitrogens with one attached hydrogen (secondary N) is 1. The van der Waals surface area contributed by atoms with Crippen LogP contribution in [-0.4, -0.2) is 16.7 Å². The molecule has 1 atom stereocenters. The second kappa shape index (κ2) is 3.40. The molecule has 1 saturated carbocycles. The first kappa shape index (κ1) is 11.8. The van der Waals surface area contributed by atoms with Crippen LogP contribution in [0.3, 0.4) is 0 Å². The van der Waals surface area contributed by atoms with Gasteiger partial charge in [0.05, 0.1) is 4.87 Å². The van der Waals surface area contributed by atoms with Gasteiger partial charge in [-0.2, -0.15) is 0 Å². The summed E-state index contributed by atoms with van der Waals surface area (Å²) in [7, 11) is 0. The summed E-state index contributed by atoms with van der Waals surface area (Å²) in [4.78, 5) is 0.380. The summed E-state index contributed by atoms with van der Waals surface area (Å²) in [5.41, 5.74) is 0.984. The van der Waals surface area contributed by atoms with E-state index in [1.807, 2.05) is 0 Å². The molecule has 0 aromatic rings. The highest BCUT2D eigenvalue weighted by atomic mass is 32.2. The molecule has 2 aliphatic rings. The van der Waals surface area contributed by atoms with Gasteiger partial charge in [-0.05, 0) is 30.1 Å². The fraction of sp³-hybridized carbons (Fsp3) is 1.00. The number of thioether (sulfide) groups is 1. The van der Waals surface area contributed by atoms with Crippen molar-refractivity contribution in [2.24, 2.45) is 10.8 Å². The van der Waals surface area contributed by atoms with Crippen LogP contribution in [0.1, 0.15) is 53.9 Å². The van der Waals surface area contributed by atoms with Crippen LogP contribution in [-0.2, 0) is 0 Å². The molecule has 2 fully saturated rings. The summed E-state index contributed by atoms with van der Waals surface area (Å²) in [6, 6.07) is 0. The fourth-order valence-corrected chi connectivity index (χ4v) is 6.09. The average Bonchev–Trinajstić information content (AvgIpc) is 2.23. The van der Waals surface area contributed by atoms with E-state index in [1.54, 1.807) is 0 Å². The fourth-order valence-electron chi connectivity index (χ4n) is 4.04. The van der Waals surface area contributed by atoms with Crippen LogP contribution in [0.2, 0.25) is 0 Å². The summed E-state index contributed by atoms with van der Waals surface area (Å²) in [5.74, 6) is 0. The summed E-state index contributed by atoms with van der Waals surface area (Å²) in [5, 5.41) is 4.58. The van der Waals surface area contributed by atoms with Gasteiger partial charge in [-0.1, -0.05) is 34.6 Å². The topological polar surface area (TPSA) is 12.0 Å². The average molecular weight is 227 g/mol. The number of rotatable bonds is 0. The van der Waals surface area contributed by atoms with Gasteiger partial charge in [-0.25, -0.2) is 0 Å². The maximum atomic E-state index is 3.80. The molecule has 1 spiro atoms. The van der Waals surface area contributed by atoms with E-state index in [4.69, 9.17) is 0 Å². The van der Waals surface area contributed by atoms with Crippen molar-refractivity contribution in [3.8, 4) is 0 Å². The molecule has 1 aliphatic heterocycles. The quantitative estimate of drug-likeness (QED) is 0.678. The third-order valence-electron chi connectivity index (χ3n) is 3.62. The minimum atomic E-state index is 0.380. The van der Waals surface area contributed by atoms with Crippen LogP contribution in [0.15, 0.2) is 0 Å². The Bertz CT molecular complexity index is 241. The van der Waals surface area contributed by atoms with E-state index in [2.05, 4.69) is 51.7 Å². The Kier molecular flexibility index (Phi) is 2.67. The van der Waals surface area contributed by atoms with Crippen molar-refractivity contribution in [2.75, 3.05) is 6.54 Å². The molecule has 1 aliphatic carbocycles. The third-order valence-corrected chi connectivity index (χ3v) is 5.08. The second-order valence-electron chi connectivity index (χ2n) is 7.16. The predicted molar refractivity (Wildman–Crippen MR) is 69.2 cm³/mol. The molecule has 1 saturated heterocycles. The first-order valence-electron chi connectivity index (χ1n) is 6.15. The smallest absolute Gasteiger partial charge is 0.0659 e. The third kappa shape index (κ3) is 2.52. The summed E-state index contributed by atoms with van der Waals surface area (Å²) in [6.45, 7) is 13.3. The minimum Gasteiger partial charge on any atom is -0.302 e. The first-order chi connectivity index (χ1) is 6.72. The maximum absolute atomic E-state index is 3.80. The highest BCUT2D eigenvalue weighted by Gasteiger charge is 2.50. The van der Waals surface area contributed by atoms with Gasteiger partial charge in [-0.15, -0.1) is 11.8 Å². The van der Waals surface area contributed by atoms with E-state index in [0.29, 0.717) is 15.7 Å². The lowest BCUT2D eigenvalue weighted by molar-refractivity contribution is 0.0747. The Morgan fingerprint density at radius 1 is 1.00 bits per heavy atom. The van der Waals surface area contributed by atoms with Gasteiger partial charge in [0, 0.05) is 11.8 Å². The van der Waals surface area contributed by atoms with Crippen molar-refractivity contribution in [1.82, 2.24) is 5.32 Å². The van der Waals surface area contributed by atoms with Crippen LogP contribution >= 0.6 is 11.8 Å². The van der Waals surface area contributed by atoms with Crippen LogP contribution < -0.4 is 5.32 Å². The molecular weight excluding hydrogens is 202 g/mol. The van der Waals surface area contributed by atoms with Crippen molar-refractivity contribution < 1.29 is 0 Å². The first-order valence-corrected chi connectivity index (χ1v) is 7.03. The standard InChI is InChI=1S/C13H25NS/c1-10-6-14-13(15-10)8-11(2,3)7-12(4,5)9-13/h10,14H,6-9H2,1-5H3. The minimum absolute atomic E-state index is 0.380. The molecule has 0 radical (unpaired) electrons. The Balaban J connectivity index is 2.20. The van der Waals surface area contributed by atoms with Crippen LogP contribution in [0.4, 0.5) is 0 Å². The monoisotopic (exact) mass is 227 g/mol. The largest absolute Gasteiger partial charge is 0.302 e. The van der Waals surface area contributed by atoms with Gasteiger partial charge in [0.1, 0.15) is 0 Å². The zero-order valence-electron chi connectivity index (χ0n) is 10.8. The van der Waals surface area contributed by atoms with E-state index in [1.165, 1.54) is 25.8 Å². The van der Waals surface area contributed by atoms with Gasteiger partial charge in [0.15, 0.2) is 0 Å². The van der Waals surface area contributed by atoms with Gasteiger partial charge in [-0.3, -0.25) is 0 Å². The van der Waals surface area contributed by atoms with Gasteiger partial charge in [0.25, 0.3) is 0 Å². The normalized spacial score (nSPS) is 37.0. The van der Waals surface area contributed by atoms with Crippen LogP contribution in [0.5, 0.6) is 0 Å². The Morgan fingerprint density at radius 2 is 1.53 bits per heavy atom. The molecule has 88 valence electrons. The van der Waals surface area contributed by atoms with Crippen molar-refractivity contribution in [3.63, 3.8) is 0 Å². The molecule has 0 aromatic heterocycles. The Labute approximate surface area is 98.8 Å². The Morgan fingerprint density at radius 3 is 1.93 bits per heavy atom. The molecule has 2 rings (SSSR count). The van der Waals surface area contributed by atoms with E-state index in [9.17, 15) is 0 Å². The lowest BCUT2D eigenvalue weighted by atomic mass is 9.63. The zero-order valence-corrected chi connectivity index (χ0v) is 11.6. The summed E-state index contributed by atoms with van der Waals surface area (Å²) < 4.78 is 0.